The van der Waals surface area contributed by atoms with Gasteiger partial charge in [-0.15, -0.1) is 0 Å². The summed E-state index contributed by atoms with van der Waals surface area (Å²) in [6, 6.07) is 0.163. The van der Waals surface area contributed by atoms with E-state index in [1.54, 1.807) is 12.0 Å². The predicted molar refractivity (Wildman–Crippen MR) is 52.9 cm³/mol. The second-order valence-electron chi connectivity index (χ2n) is 3.94. The zero-order chi connectivity index (χ0) is 10.7. The number of piperidine rings is 1. The van der Waals surface area contributed by atoms with Crippen molar-refractivity contribution >= 4 is 5.91 Å². The Labute approximate surface area is 84.8 Å². The number of aliphatic hydroxyl groups is 1. The highest BCUT2D eigenvalue weighted by Gasteiger charge is 2.30. The van der Waals surface area contributed by atoms with Gasteiger partial charge in [-0.25, -0.2) is 0 Å². The van der Waals surface area contributed by atoms with E-state index in [1.165, 1.54) is 6.92 Å². The molecule has 0 saturated carbocycles. The van der Waals surface area contributed by atoms with E-state index in [-0.39, 0.29) is 18.1 Å². The molecule has 0 aromatic carbocycles. The topological polar surface area (TPSA) is 49.8 Å². The van der Waals surface area contributed by atoms with Crippen molar-refractivity contribution in [2.75, 3.05) is 13.7 Å². The van der Waals surface area contributed by atoms with Crippen molar-refractivity contribution < 1.29 is 14.6 Å². The molecule has 0 radical (unpaired) electrons. The number of aliphatic hydroxyl groups excluding tert-OH is 1. The normalized spacial score (nSPS) is 30.1. The third-order valence-corrected chi connectivity index (χ3v) is 2.80. The fourth-order valence-corrected chi connectivity index (χ4v) is 1.91. The Morgan fingerprint density at radius 2 is 2.29 bits per heavy atom. The van der Waals surface area contributed by atoms with Gasteiger partial charge in [0, 0.05) is 19.7 Å². The molecule has 1 rings (SSSR count). The number of nitrogens with zero attached hydrogens (tertiary/aromatic N) is 1. The van der Waals surface area contributed by atoms with Crippen LogP contribution in [0, 0.1) is 0 Å². The lowest BCUT2D eigenvalue weighted by Crippen LogP contribution is -2.49. The number of hydrogen-bond acceptors (Lipinski definition) is 3. The maximum atomic E-state index is 11.5. The van der Waals surface area contributed by atoms with Crippen molar-refractivity contribution in [3.8, 4) is 0 Å². The number of rotatable bonds is 2. The van der Waals surface area contributed by atoms with Crippen molar-refractivity contribution in [2.45, 2.75) is 44.9 Å². The van der Waals surface area contributed by atoms with Crippen LogP contribution < -0.4 is 0 Å². The van der Waals surface area contributed by atoms with Crippen molar-refractivity contribution in [3.05, 3.63) is 0 Å². The summed E-state index contributed by atoms with van der Waals surface area (Å²) in [5.41, 5.74) is 0. The van der Waals surface area contributed by atoms with Gasteiger partial charge < -0.3 is 14.7 Å². The zero-order valence-electron chi connectivity index (χ0n) is 9.06. The van der Waals surface area contributed by atoms with Crippen molar-refractivity contribution in [1.29, 1.82) is 0 Å². The van der Waals surface area contributed by atoms with Gasteiger partial charge in [-0.05, 0) is 26.7 Å². The molecule has 0 unspecified atom stereocenters. The molecule has 1 fully saturated rings. The summed E-state index contributed by atoms with van der Waals surface area (Å²) >= 11 is 0. The SMILES string of the molecule is CO[C@H]1CCN(C(=O)[C@@H](C)O)[C@H](C)C1. The van der Waals surface area contributed by atoms with Crippen LogP contribution >= 0.6 is 0 Å². The lowest BCUT2D eigenvalue weighted by atomic mass is 10.00. The van der Waals surface area contributed by atoms with Gasteiger partial charge in [-0.1, -0.05) is 0 Å². The molecule has 1 N–H and O–H groups in total. The fourth-order valence-electron chi connectivity index (χ4n) is 1.91. The first-order valence-corrected chi connectivity index (χ1v) is 5.07. The lowest BCUT2D eigenvalue weighted by molar-refractivity contribution is -0.144. The Morgan fingerprint density at radius 1 is 1.64 bits per heavy atom. The molecular formula is C10H19NO3. The van der Waals surface area contributed by atoms with Crippen LogP contribution in [0.3, 0.4) is 0 Å². The van der Waals surface area contributed by atoms with E-state index < -0.39 is 6.10 Å². The highest BCUT2D eigenvalue weighted by molar-refractivity contribution is 5.80. The predicted octanol–water partition coefficient (Wildman–Crippen LogP) is 0.393. The monoisotopic (exact) mass is 201 g/mol. The molecule has 1 heterocycles. The molecule has 1 saturated heterocycles. The van der Waals surface area contributed by atoms with E-state index in [2.05, 4.69) is 0 Å². The summed E-state index contributed by atoms with van der Waals surface area (Å²) < 4.78 is 5.25. The number of hydrogen-bond donors (Lipinski definition) is 1. The van der Waals surface area contributed by atoms with Crippen LogP contribution in [0.25, 0.3) is 0 Å². The van der Waals surface area contributed by atoms with Crippen molar-refractivity contribution in [1.82, 2.24) is 4.90 Å². The van der Waals surface area contributed by atoms with Crippen LogP contribution in [0.5, 0.6) is 0 Å². The molecule has 0 aromatic heterocycles. The van der Waals surface area contributed by atoms with Crippen molar-refractivity contribution in [3.63, 3.8) is 0 Å². The standard InChI is InChI=1S/C10H19NO3/c1-7-6-9(14-3)4-5-11(7)10(13)8(2)12/h7-9,12H,4-6H2,1-3H3/t7-,8-,9+/m1/s1. The Hall–Kier alpha value is -0.610. The first-order chi connectivity index (χ1) is 6.56. The highest BCUT2D eigenvalue weighted by Crippen LogP contribution is 2.19. The molecule has 1 aliphatic rings. The van der Waals surface area contributed by atoms with E-state index >= 15 is 0 Å². The Balaban J connectivity index is 2.53. The number of likely N-dealkylation sites (tertiary alicyclic amines) is 1. The largest absolute Gasteiger partial charge is 0.384 e. The summed E-state index contributed by atoms with van der Waals surface area (Å²) in [5, 5.41) is 9.19. The van der Waals surface area contributed by atoms with Crippen LogP contribution in [0.1, 0.15) is 26.7 Å². The lowest BCUT2D eigenvalue weighted by Gasteiger charge is -2.37. The van der Waals surface area contributed by atoms with Gasteiger partial charge in [0.05, 0.1) is 6.10 Å². The van der Waals surface area contributed by atoms with Gasteiger partial charge in [0.25, 0.3) is 5.91 Å². The van der Waals surface area contributed by atoms with Crippen LogP contribution in [0.4, 0.5) is 0 Å². The molecule has 4 nitrogen and oxygen atoms in total. The highest BCUT2D eigenvalue weighted by atomic mass is 16.5. The van der Waals surface area contributed by atoms with Gasteiger partial charge in [-0.2, -0.15) is 0 Å². The molecule has 1 amide bonds. The van der Waals surface area contributed by atoms with Gasteiger partial charge in [0.2, 0.25) is 0 Å². The number of ether oxygens (including phenoxy) is 1. The number of carbonyl (C=O) groups is 1. The minimum atomic E-state index is -0.892. The van der Waals surface area contributed by atoms with Crippen molar-refractivity contribution in [2.24, 2.45) is 0 Å². The molecule has 0 spiro atoms. The van der Waals surface area contributed by atoms with Crippen LogP contribution in [0.2, 0.25) is 0 Å². The summed E-state index contributed by atoms with van der Waals surface area (Å²) in [4.78, 5) is 13.3. The fraction of sp³-hybridized carbons (Fsp3) is 0.900. The third kappa shape index (κ3) is 2.45. The maximum Gasteiger partial charge on any atom is 0.251 e. The Bertz CT molecular complexity index is 206. The van der Waals surface area contributed by atoms with Crippen LogP contribution in [-0.2, 0) is 9.53 Å². The second-order valence-corrected chi connectivity index (χ2v) is 3.94. The molecule has 0 bridgehead atoms. The molecular weight excluding hydrogens is 182 g/mol. The van der Waals surface area contributed by atoms with E-state index in [9.17, 15) is 9.90 Å². The Kier molecular flexibility index (Phi) is 3.89. The van der Waals surface area contributed by atoms with Gasteiger partial charge in [0.15, 0.2) is 0 Å². The third-order valence-electron chi connectivity index (χ3n) is 2.80. The number of carbonyl (C=O) groups excluding carboxylic acids is 1. The van der Waals surface area contributed by atoms with Crippen LogP contribution in [-0.4, -0.2) is 47.8 Å². The number of amides is 1. The maximum absolute atomic E-state index is 11.5. The second kappa shape index (κ2) is 4.75. The molecule has 14 heavy (non-hydrogen) atoms. The zero-order valence-corrected chi connectivity index (χ0v) is 9.06. The minimum Gasteiger partial charge on any atom is -0.384 e. The number of methoxy groups -OCH3 is 1. The molecule has 0 aromatic rings. The molecule has 3 atom stereocenters. The first kappa shape index (κ1) is 11.5. The van der Waals surface area contributed by atoms with Gasteiger partial charge >= 0.3 is 0 Å². The summed E-state index contributed by atoms with van der Waals surface area (Å²) in [6.07, 6.45) is 1.08. The molecule has 1 aliphatic heterocycles. The van der Waals surface area contributed by atoms with Gasteiger partial charge in [0.1, 0.15) is 6.10 Å². The molecule has 0 aliphatic carbocycles. The minimum absolute atomic E-state index is 0.163. The first-order valence-electron chi connectivity index (χ1n) is 5.07. The summed E-state index contributed by atoms with van der Waals surface area (Å²) in [7, 11) is 1.70. The van der Waals surface area contributed by atoms with Crippen LogP contribution in [0.15, 0.2) is 0 Å². The average molecular weight is 201 g/mol. The summed E-state index contributed by atoms with van der Waals surface area (Å²) in [6.45, 7) is 4.19. The van der Waals surface area contributed by atoms with E-state index in [4.69, 9.17) is 4.74 Å². The van der Waals surface area contributed by atoms with E-state index in [0.717, 1.165) is 12.8 Å². The average Bonchev–Trinajstić information content (AvgIpc) is 2.16. The van der Waals surface area contributed by atoms with E-state index in [0.29, 0.717) is 6.54 Å². The summed E-state index contributed by atoms with van der Waals surface area (Å²) in [5.74, 6) is -0.174. The quantitative estimate of drug-likeness (QED) is 0.703. The van der Waals surface area contributed by atoms with Gasteiger partial charge in [-0.3, -0.25) is 4.79 Å². The molecule has 82 valence electrons. The Morgan fingerprint density at radius 3 is 2.71 bits per heavy atom. The van der Waals surface area contributed by atoms with E-state index in [1.807, 2.05) is 6.92 Å². The smallest absolute Gasteiger partial charge is 0.251 e. The molecule has 4 heteroatoms.